The molecule has 0 atom stereocenters. The van der Waals surface area contributed by atoms with E-state index in [0.29, 0.717) is 6.54 Å². The average molecular weight is 310 g/mol. The lowest BCUT2D eigenvalue weighted by Gasteiger charge is -2.15. The Balaban J connectivity index is 2.02. The number of hydrogen-bond donors (Lipinski definition) is 1. The van der Waals surface area contributed by atoms with Crippen LogP contribution in [0.15, 0.2) is 16.7 Å². The first-order valence-corrected chi connectivity index (χ1v) is 7.08. The Labute approximate surface area is 114 Å². The van der Waals surface area contributed by atoms with Crippen LogP contribution in [-0.2, 0) is 6.42 Å². The Hall–Kier alpha value is -1.14. The Bertz CT molecular complexity index is 559. The van der Waals surface area contributed by atoms with Gasteiger partial charge in [-0.3, -0.25) is 0 Å². The molecule has 3 heterocycles. The van der Waals surface area contributed by atoms with Crippen LogP contribution in [0.4, 0.5) is 5.82 Å². The number of nitrogens with zero attached hydrogens (tertiary/aromatic N) is 4. The van der Waals surface area contributed by atoms with Crippen molar-refractivity contribution < 1.29 is 0 Å². The molecule has 0 aromatic carbocycles. The molecule has 18 heavy (non-hydrogen) atoms. The van der Waals surface area contributed by atoms with E-state index < -0.39 is 0 Å². The number of fused-ring (bicyclic) bond motifs is 1. The molecule has 0 aliphatic carbocycles. The summed E-state index contributed by atoms with van der Waals surface area (Å²) in [7, 11) is 0. The van der Waals surface area contributed by atoms with E-state index in [1.54, 1.807) is 0 Å². The normalized spacial score (nSPS) is 15.8. The first kappa shape index (κ1) is 11.9. The third kappa shape index (κ3) is 1.99. The Morgan fingerprint density at radius 1 is 1.28 bits per heavy atom. The average Bonchev–Trinajstić information content (AvgIpc) is 3.00. The van der Waals surface area contributed by atoms with Gasteiger partial charge in [0.1, 0.15) is 10.4 Å². The lowest BCUT2D eigenvalue weighted by molar-refractivity contribution is 0.844. The number of nitrogens with two attached hydrogens (primary N) is 1. The topological polar surface area (TPSA) is 59.5 Å². The third-order valence-corrected chi connectivity index (χ3v) is 4.08. The summed E-state index contributed by atoms with van der Waals surface area (Å²) in [6.07, 6.45) is 3.27. The molecule has 5 nitrogen and oxygen atoms in total. The molecule has 1 saturated heterocycles. The van der Waals surface area contributed by atoms with Gasteiger partial charge in [-0.15, -0.1) is 5.10 Å². The Morgan fingerprint density at radius 3 is 2.78 bits per heavy atom. The highest BCUT2D eigenvalue weighted by molar-refractivity contribution is 9.10. The Morgan fingerprint density at radius 2 is 2.06 bits per heavy atom. The molecule has 6 heteroatoms. The predicted molar refractivity (Wildman–Crippen MR) is 74.9 cm³/mol. The minimum atomic E-state index is 0.599. The van der Waals surface area contributed by atoms with Gasteiger partial charge in [0.25, 0.3) is 0 Å². The molecule has 0 spiro atoms. The van der Waals surface area contributed by atoms with E-state index in [4.69, 9.17) is 5.73 Å². The molecule has 1 aliphatic rings. The van der Waals surface area contributed by atoms with Crippen molar-refractivity contribution >= 4 is 27.4 Å². The lowest BCUT2D eigenvalue weighted by Crippen LogP contribution is -2.19. The smallest absolute Gasteiger partial charge is 0.155 e. The van der Waals surface area contributed by atoms with Gasteiger partial charge in [0.05, 0.1) is 5.69 Å². The minimum absolute atomic E-state index is 0.599. The van der Waals surface area contributed by atoms with Gasteiger partial charge in [-0.25, -0.2) is 9.50 Å². The quantitative estimate of drug-likeness (QED) is 0.935. The molecule has 2 aromatic rings. The van der Waals surface area contributed by atoms with Crippen LogP contribution in [0.2, 0.25) is 0 Å². The zero-order valence-electron chi connectivity index (χ0n) is 10.1. The van der Waals surface area contributed by atoms with E-state index in [1.807, 2.05) is 16.6 Å². The minimum Gasteiger partial charge on any atom is -0.355 e. The summed E-state index contributed by atoms with van der Waals surface area (Å²) in [5, 5.41) is 4.65. The standard InChI is InChI=1S/C12H16BrN5/c13-12-9(5-6-14)15-10-3-4-11(16-18(10)12)17-7-1-2-8-17/h3-4H,1-2,5-8,14H2. The SMILES string of the molecule is NCCc1nc2ccc(N3CCCC3)nn2c1Br. The largest absolute Gasteiger partial charge is 0.355 e. The summed E-state index contributed by atoms with van der Waals surface area (Å²) in [5.74, 6) is 1.03. The van der Waals surface area contributed by atoms with Crippen molar-refractivity contribution in [2.45, 2.75) is 19.3 Å². The fourth-order valence-corrected chi connectivity index (χ4v) is 2.90. The third-order valence-electron chi connectivity index (χ3n) is 3.29. The molecule has 1 aliphatic heterocycles. The maximum Gasteiger partial charge on any atom is 0.155 e. The second kappa shape index (κ2) is 4.85. The van der Waals surface area contributed by atoms with Crippen LogP contribution < -0.4 is 10.6 Å². The Kier molecular flexibility index (Phi) is 3.22. The van der Waals surface area contributed by atoms with Crippen molar-refractivity contribution in [2.24, 2.45) is 5.73 Å². The first-order chi connectivity index (χ1) is 8.79. The molecule has 0 saturated carbocycles. The molecule has 0 bridgehead atoms. The van der Waals surface area contributed by atoms with Crippen molar-refractivity contribution in [3.05, 3.63) is 22.4 Å². The van der Waals surface area contributed by atoms with E-state index in [0.717, 1.165) is 41.3 Å². The van der Waals surface area contributed by atoms with Crippen molar-refractivity contribution in [3.8, 4) is 0 Å². The number of anilines is 1. The second-order valence-electron chi connectivity index (χ2n) is 4.54. The van der Waals surface area contributed by atoms with Crippen LogP contribution in [0.5, 0.6) is 0 Å². The first-order valence-electron chi connectivity index (χ1n) is 6.29. The van der Waals surface area contributed by atoms with Gasteiger partial charge in [0.15, 0.2) is 5.65 Å². The van der Waals surface area contributed by atoms with Gasteiger partial charge in [0, 0.05) is 19.5 Å². The molecular weight excluding hydrogens is 294 g/mol. The van der Waals surface area contributed by atoms with Crippen molar-refractivity contribution in [3.63, 3.8) is 0 Å². The summed E-state index contributed by atoms with van der Waals surface area (Å²) in [4.78, 5) is 6.84. The highest BCUT2D eigenvalue weighted by atomic mass is 79.9. The number of halogens is 1. The lowest BCUT2D eigenvalue weighted by atomic mass is 10.3. The number of rotatable bonds is 3. The summed E-state index contributed by atoms with van der Waals surface area (Å²) in [6, 6.07) is 4.07. The maximum absolute atomic E-state index is 5.58. The molecule has 2 aromatic heterocycles. The van der Waals surface area contributed by atoms with Gasteiger partial charge in [-0.05, 0) is 47.4 Å². The van der Waals surface area contributed by atoms with Crippen LogP contribution in [0.25, 0.3) is 5.65 Å². The second-order valence-corrected chi connectivity index (χ2v) is 5.29. The summed E-state index contributed by atoms with van der Waals surface area (Å²) >= 11 is 3.56. The van der Waals surface area contributed by atoms with E-state index in [1.165, 1.54) is 12.8 Å². The summed E-state index contributed by atoms with van der Waals surface area (Å²) in [6.45, 7) is 2.79. The maximum atomic E-state index is 5.58. The van der Waals surface area contributed by atoms with Crippen LogP contribution >= 0.6 is 15.9 Å². The number of hydrogen-bond acceptors (Lipinski definition) is 4. The zero-order valence-corrected chi connectivity index (χ0v) is 11.7. The van der Waals surface area contributed by atoms with E-state index in [-0.39, 0.29) is 0 Å². The van der Waals surface area contributed by atoms with Gasteiger partial charge in [-0.2, -0.15) is 0 Å². The molecule has 0 radical (unpaired) electrons. The van der Waals surface area contributed by atoms with Gasteiger partial charge < -0.3 is 10.6 Å². The fourth-order valence-electron chi connectivity index (χ4n) is 2.35. The molecule has 1 fully saturated rings. The molecule has 0 unspecified atom stereocenters. The molecule has 2 N–H and O–H groups in total. The summed E-state index contributed by atoms with van der Waals surface area (Å²) < 4.78 is 2.78. The molecule has 96 valence electrons. The van der Waals surface area contributed by atoms with E-state index in [2.05, 4.69) is 30.9 Å². The highest BCUT2D eigenvalue weighted by Crippen LogP contribution is 2.22. The monoisotopic (exact) mass is 309 g/mol. The fraction of sp³-hybridized carbons (Fsp3) is 0.500. The highest BCUT2D eigenvalue weighted by Gasteiger charge is 2.16. The van der Waals surface area contributed by atoms with Crippen molar-refractivity contribution in [1.82, 2.24) is 14.6 Å². The molecule has 0 amide bonds. The van der Waals surface area contributed by atoms with Gasteiger partial charge >= 0.3 is 0 Å². The zero-order chi connectivity index (χ0) is 12.5. The van der Waals surface area contributed by atoms with Crippen LogP contribution in [0, 0.1) is 0 Å². The van der Waals surface area contributed by atoms with Gasteiger partial charge in [0.2, 0.25) is 0 Å². The van der Waals surface area contributed by atoms with Crippen LogP contribution in [0.1, 0.15) is 18.5 Å². The number of aromatic nitrogens is 3. The van der Waals surface area contributed by atoms with Gasteiger partial charge in [-0.1, -0.05) is 0 Å². The van der Waals surface area contributed by atoms with Crippen molar-refractivity contribution in [2.75, 3.05) is 24.5 Å². The van der Waals surface area contributed by atoms with Crippen LogP contribution in [-0.4, -0.2) is 34.2 Å². The predicted octanol–water partition coefficient (Wildman–Crippen LogP) is 1.59. The number of imidazole rings is 1. The summed E-state index contributed by atoms with van der Waals surface area (Å²) in [5.41, 5.74) is 7.43. The van der Waals surface area contributed by atoms with E-state index >= 15 is 0 Å². The molecular formula is C12H16BrN5. The van der Waals surface area contributed by atoms with Crippen molar-refractivity contribution in [1.29, 1.82) is 0 Å². The van der Waals surface area contributed by atoms with Crippen LogP contribution in [0.3, 0.4) is 0 Å². The molecule has 3 rings (SSSR count). The van der Waals surface area contributed by atoms with E-state index in [9.17, 15) is 0 Å².